The second-order valence-electron chi connectivity index (χ2n) is 13.9. The first kappa shape index (κ1) is 30.4. The van der Waals surface area contributed by atoms with Crippen LogP contribution in [0.2, 0.25) is 0 Å². The van der Waals surface area contributed by atoms with Crippen LogP contribution < -0.4 is 0 Å². The van der Waals surface area contributed by atoms with Crippen LogP contribution in [0.5, 0.6) is 0 Å². The van der Waals surface area contributed by atoms with Gasteiger partial charge >= 0.3 is 6.09 Å². The summed E-state index contributed by atoms with van der Waals surface area (Å²) >= 11 is 1.75. The lowest BCUT2D eigenvalue weighted by molar-refractivity contribution is -0.0157. The number of hydrogen-bond acceptors (Lipinski definition) is 8. The van der Waals surface area contributed by atoms with Crippen molar-refractivity contribution in [3.8, 4) is 16.8 Å². The summed E-state index contributed by atoms with van der Waals surface area (Å²) in [4.78, 5) is 25.3. The Labute approximate surface area is 274 Å². The summed E-state index contributed by atoms with van der Waals surface area (Å²) in [6.45, 7) is 13.6. The van der Waals surface area contributed by atoms with Crippen molar-refractivity contribution in [2.24, 2.45) is 16.3 Å². The Kier molecular flexibility index (Phi) is 7.63. The van der Waals surface area contributed by atoms with Gasteiger partial charge < -0.3 is 14.1 Å². The quantitative estimate of drug-likeness (QED) is 0.222. The molecule has 5 heterocycles. The van der Waals surface area contributed by atoms with Gasteiger partial charge in [-0.2, -0.15) is 0 Å². The van der Waals surface area contributed by atoms with Crippen molar-refractivity contribution in [1.29, 1.82) is 0 Å². The fourth-order valence-corrected chi connectivity index (χ4v) is 8.14. The van der Waals surface area contributed by atoms with Gasteiger partial charge in [0.05, 0.1) is 18.3 Å². The smallest absolute Gasteiger partial charge is 0.410 e. The molecule has 46 heavy (non-hydrogen) atoms. The standard InChI is InChI=1S/C36H40N6O3S/c1-22-23(2)46-33-30(22)31(38-28(19-29-37-15-18-44-29)32-40-39-24(3)42(32)33)27-11-9-25(10-12-27)7-8-26-20-36(21-26)13-16-41(17-14-36)34(43)45-35(4,5)6/h9-12,15,18,26,28H,13-14,16-17,19-21H2,1-6H3/t28-/m0/s1. The SMILES string of the molecule is Cc1sc2c(c1C)C(c1ccc(C#CC3CC4(CCN(C(=O)OC(C)(C)C)CC4)C3)cc1)=N[C@@H](Cc1ncco1)c1nnc(C)n1-2. The zero-order valence-corrected chi connectivity index (χ0v) is 28.2. The Morgan fingerprint density at radius 2 is 1.85 bits per heavy atom. The molecule has 1 aliphatic carbocycles. The maximum atomic E-state index is 12.5. The number of fused-ring (bicyclic) bond motifs is 3. The molecule has 4 aromatic rings. The van der Waals surface area contributed by atoms with Crippen LogP contribution in [0.1, 0.15) is 97.2 Å². The van der Waals surface area contributed by atoms with Crippen LogP contribution in [0.15, 0.2) is 46.1 Å². The Hall–Kier alpha value is -4.23. The molecule has 1 saturated heterocycles. The third-order valence-electron chi connectivity index (χ3n) is 9.50. The number of benzene rings is 1. The lowest BCUT2D eigenvalue weighted by Crippen LogP contribution is -2.49. The fourth-order valence-electron chi connectivity index (χ4n) is 6.93. The highest BCUT2D eigenvalue weighted by molar-refractivity contribution is 7.15. The predicted octanol–water partition coefficient (Wildman–Crippen LogP) is 7.16. The third kappa shape index (κ3) is 5.77. The molecule has 0 bridgehead atoms. The average molecular weight is 637 g/mol. The van der Waals surface area contributed by atoms with E-state index in [-0.39, 0.29) is 12.1 Å². The van der Waals surface area contributed by atoms with Gasteiger partial charge in [-0.3, -0.25) is 9.56 Å². The summed E-state index contributed by atoms with van der Waals surface area (Å²) in [7, 11) is 0. The van der Waals surface area contributed by atoms with Gasteiger partial charge in [0.15, 0.2) is 11.7 Å². The Morgan fingerprint density at radius 3 is 2.52 bits per heavy atom. The van der Waals surface area contributed by atoms with Gasteiger partial charge in [0.2, 0.25) is 0 Å². The van der Waals surface area contributed by atoms with E-state index in [0.29, 0.717) is 23.6 Å². The molecule has 0 N–H and O–H groups in total. The number of aryl methyl sites for hydroxylation is 2. The van der Waals surface area contributed by atoms with Crippen LogP contribution in [-0.2, 0) is 11.2 Å². The maximum Gasteiger partial charge on any atom is 0.410 e. The number of likely N-dealkylation sites (tertiary alicyclic amines) is 1. The molecule has 1 saturated carbocycles. The first-order valence-electron chi connectivity index (χ1n) is 16.1. The summed E-state index contributed by atoms with van der Waals surface area (Å²) in [5.74, 6) is 9.62. The molecule has 3 aliphatic rings. The second kappa shape index (κ2) is 11.5. The van der Waals surface area contributed by atoms with Crippen molar-refractivity contribution in [2.45, 2.75) is 85.3 Å². The second-order valence-corrected chi connectivity index (χ2v) is 15.2. The topological polar surface area (TPSA) is 98.6 Å². The number of carbonyl (C=O) groups is 1. The summed E-state index contributed by atoms with van der Waals surface area (Å²) in [6, 6.07) is 8.18. The van der Waals surface area contributed by atoms with Crippen LogP contribution >= 0.6 is 11.3 Å². The van der Waals surface area contributed by atoms with Crippen LogP contribution in [0.25, 0.3) is 5.00 Å². The van der Waals surface area contributed by atoms with Crippen molar-refractivity contribution in [3.05, 3.63) is 81.4 Å². The molecule has 7 rings (SSSR count). The van der Waals surface area contributed by atoms with Crippen molar-refractivity contribution in [1.82, 2.24) is 24.6 Å². The van der Waals surface area contributed by atoms with E-state index in [0.717, 1.165) is 77.8 Å². The van der Waals surface area contributed by atoms with E-state index in [1.807, 2.05) is 32.6 Å². The number of nitrogens with zero attached hydrogens (tertiary/aromatic N) is 6. The van der Waals surface area contributed by atoms with Gasteiger partial charge in [0, 0.05) is 40.6 Å². The molecule has 1 spiro atoms. The minimum atomic E-state index is -0.461. The number of oxazole rings is 1. The molecule has 3 aromatic heterocycles. The summed E-state index contributed by atoms with van der Waals surface area (Å²) < 4.78 is 13.3. The molecule has 10 heteroatoms. The first-order valence-corrected chi connectivity index (χ1v) is 16.9. The molecule has 9 nitrogen and oxygen atoms in total. The molecule has 1 aromatic carbocycles. The number of amides is 1. The van der Waals surface area contributed by atoms with Gasteiger partial charge in [0.25, 0.3) is 0 Å². The number of piperidine rings is 1. The van der Waals surface area contributed by atoms with E-state index in [1.165, 1.54) is 10.4 Å². The zero-order chi connectivity index (χ0) is 32.2. The van der Waals surface area contributed by atoms with Gasteiger partial charge in [-0.15, -0.1) is 21.5 Å². The normalized spacial score (nSPS) is 19.0. The minimum Gasteiger partial charge on any atom is -0.449 e. The first-order chi connectivity index (χ1) is 22.0. The Balaban J connectivity index is 1.08. The molecule has 0 unspecified atom stereocenters. The minimum absolute atomic E-state index is 0.195. The summed E-state index contributed by atoms with van der Waals surface area (Å²) in [6.07, 6.45) is 7.81. The molecule has 1 amide bonds. The van der Waals surface area contributed by atoms with E-state index >= 15 is 0 Å². The number of aliphatic imine (C=N–C) groups is 1. The van der Waals surface area contributed by atoms with Gasteiger partial charge in [0.1, 0.15) is 28.7 Å². The maximum absolute atomic E-state index is 12.5. The van der Waals surface area contributed by atoms with Gasteiger partial charge in [-0.1, -0.05) is 24.0 Å². The number of thiophene rings is 1. The number of hydrogen-bond donors (Lipinski definition) is 0. The summed E-state index contributed by atoms with van der Waals surface area (Å²) in [5.41, 5.74) is 5.18. The Bertz CT molecular complexity index is 1850. The van der Waals surface area contributed by atoms with E-state index in [1.54, 1.807) is 23.8 Å². The van der Waals surface area contributed by atoms with Crippen LogP contribution in [-0.4, -0.2) is 55.1 Å². The zero-order valence-electron chi connectivity index (χ0n) is 27.4. The van der Waals surface area contributed by atoms with E-state index in [2.05, 4.69) is 69.7 Å². The largest absolute Gasteiger partial charge is 0.449 e. The molecule has 1 atom stereocenters. The highest BCUT2D eigenvalue weighted by Gasteiger charge is 2.46. The summed E-state index contributed by atoms with van der Waals surface area (Å²) in [5, 5.41) is 10.1. The monoisotopic (exact) mass is 636 g/mol. The third-order valence-corrected chi connectivity index (χ3v) is 10.7. The van der Waals surface area contributed by atoms with Gasteiger partial charge in [-0.05, 0) is 90.3 Å². The highest BCUT2D eigenvalue weighted by atomic mass is 32.1. The molecular weight excluding hydrogens is 597 g/mol. The van der Waals surface area contributed by atoms with Crippen molar-refractivity contribution >= 4 is 23.1 Å². The molecule has 2 aliphatic heterocycles. The average Bonchev–Trinajstić information content (AvgIpc) is 3.70. The van der Waals surface area contributed by atoms with Crippen LogP contribution in [0, 0.1) is 43.9 Å². The number of aromatic nitrogens is 4. The predicted molar refractivity (Wildman–Crippen MR) is 178 cm³/mol. The molecule has 2 fully saturated rings. The Morgan fingerprint density at radius 1 is 1.11 bits per heavy atom. The molecular formula is C36H40N6O3S. The number of carbonyl (C=O) groups excluding carboxylic acids is 1. The lowest BCUT2D eigenvalue weighted by Gasteiger charge is -2.50. The fraction of sp³-hybridized carbons (Fsp3) is 0.472. The number of ether oxygens (including phenoxy) is 1. The van der Waals surface area contributed by atoms with Gasteiger partial charge in [-0.25, -0.2) is 9.78 Å². The van der Waals surface area contributed by atoms with Crippen LogP contribution in [0.3, 0.4) is 0 Å². The van der Waals surface area contributed by atoms with Crippen molar-refractivity contribution < 1.29 is 13.9 Å². The molecule has 0 radical (unpaired) electrons. The van der Waals surface area contributed by atoms with E-state index < -0.39 is 5.60 Å². The lowest BCUT2D eigenvalue weighted by atomic mass is 9.58. The van der Waals surface area contributed by atoms with E-state index in [9.17, 15) is 4.79 Å². The van der Waals surface area contributed by atoms with Crippen LogP contribution in [0.4, 0.5) is 4.79 Å². The van der Waals surface area contributed by atoms with E-state index in [4.69, 9.17) is 14.1 Å². The molecule has 238 valence electrons. The van der Waals surface area contributed by atoms with Crippen molar-refractivity contribution in [2.75, 3.05) is 13.1 Å². The number of rotatable bonds is 3. The van der Waals surface area contributed by atoms with Crippen molar-refractivity contribution in [3.63, 3.8) is 0 Å². The highest BCUT2D eigenvalue weighted by Crippen LogP contribution is 2.52.